The SMILES string of the molecule is CCSCCCO[C@]1(C(=O)O)CC(OC(=O)c2ccccc2)C[C@H](C(O)[C@H](O)CNC(=O)c2ccc(-c3ccccc3)cc2)O1. The largest absolute Gasteiger partial charge is 0.477 e. The lowest BCUT2D eigenvalue weighted by atomic mass is 9.93. The Bertz CT molecular complexity index is 1390. The number of carboxylic acids is 1. The Morgan fingerprint density at radius 2 is 1.60 bits per heavy atom. The molecule has 10 nitrogen and oxygen atoms in total. The van der Waals surface area contributed by atoms with Gasteiger partial charge in [-0.2, -0.15) is 11.8 Å². The van der Waals surface area contributed by atoms with Crippen LogP contribution in [0.1, 0.15) is 46.9 Å². The minimum atomic E-state index is -2.22. The molecule has 1 fully saturated rings. The molecule has 45 heavy (non-hydrogen) atoms. The van der Waals surface area contributed by atoms with Crippen molar-refractivity contribution in [3.63, 3.8) is 0 Å². The zero-order valence-electron chi connectivity index (χ0n) is 25.0. The summed E-state index contributed by atoms with van der Waals surface area (Å²) >= 11 is 1.68. The Morgan fingerprint density at radius 3 is 2.24 bits per heavy atom. The molecule has 3 aromatic rings. The lowest BCUT2D eigenvalue weighted by molar-refractivity contribution is -0.304. The number of aliphatic hydroxyl groups is 2. The normalized spacial score (nSPS) is 21.0. The summed E-state index contributed by atoms with van der Waals surface area (Å²) in [5, 5.41) is 34.7. The van der Waals surface area contributed by atoms with E-state index >= 15 is 0 Å². The first-order chi connectivity index (χ1) is 21.7. The third kappa shape index (κ3) is 9.38. The lowest BCUT2D eigenvalue weighted by Gasteiger charge is -2.43. The molecule has 0 radical (unpaired) electrons. The van der Waals surface area contributed by atoms with Gasteiger partial charge in [0.15, 0.2) is 0 Å². The van der Waals surface area contributed by atoms with Gasteiger partial charge in [-0.3, -0.25) is 4.79 Å². The number of esters is 1. The number of thioether (sulfide) groups is 1. The minimum absolute atomic E-state index is 0.0587. The van der Waals surface area contributed by atoms with Gasteiger partial charge in [-0.1, -0.05) is 67.6 Å². The van der Waals surface area contributed by atoms with Gasteiger partial charge in [0.1, 0.15) is 12.2 Å². The van der Waals surface area contributed by atoms with Crippen molar-refractivity contribution in [2.45, 2.75) is 56.4 Å². The predicted molar refractivity (Wildman–Crippen MR) is 170 cm³/mol. The Kier molecular flexibility index (Phi) is 12.5. The second-order valence-corrected chi connectivity index (χ2v) is 12.1. The maximum Gasteiger partial charge on any atom is 0.364 e. The highest BCUT2D eigenvalue weighted by atomic mass is 32.2. The standard InChI is InChI=1S/C34H39NO9S/c1-2-45-19-9-18-42-34(33(40)41)21-27(43-32(39)26-12-7-4-8-13-26)20-29(44-34)30(37)28(36)22-35-31(38)25-16-14-24(15-17-25)23-10-5-3-6-11-23/h3-8,10-17,27-30,36-37H,2,9,18-22H2,1H3,(H,35,38)(H,40,41)/t27?,28-,29-,30?,34-/m1/s1. The number of carboxylic acid groups (broad SMARTS) is 1. The minimum Gasteiger partial charge on any atom is -0.477 e. The van der Waals surface area contributed by atoms with Crippen LogP contribution < -0.4 is 5.32 Å². The Balaban J connectivity index is 1.43. The predicted octanol–water partition coefficient (Wildman–Crippen LogP) is 4.15. The van der Waals surface area contributed by atoms with Gasteiger partial charge in [0.05, 0.1) is 30.8 Å². The zero-order chi connectivity index (χ0) is 32.2. The van der Waals surface area contributed by atoms with Crippen molar-refractivity contribution in [3.05, 3.63) is 96.1 Å². The van der Waals surface area contributed by atoms with Gasteiger partial charge < -0.3 is 34.8 Å². The van der Waals surface area contributed by atoms with Crippen LogP contribution in [-0.4, -0.2) is 88.0 Å². The summed E-state index contributed by atoms with van der Waals surface area (Å²) in [5.41, 5.74) is 2.58. The summed E-state index contributed by atoms with van der Waals surface area (Å²) in [7, 11) is 0. The van der Waals surface area contributed by atoms with E-state index < -0.39 is 48.0 Å². The molecule has 3 aromatic carbocycles. The average Bonchev–Trinajstić information content (AvgIpc) is 3.07. The summed E-state index contributed by atoms with van der Waals surface area (Å²) in [5.74, 6) is -3.14. The third-order valence-corrected chi connectivity index (χ3v) is 8.40. The van der Waals surface area contributed by atoms with Crippen LogP contribution in [-0.2, 0) is 19.0 Å². The number of carbonyl (C=O) groups is 3. The number of hydrogen-bond acceptors (Lipinski definition) is 9. The van der Waals surface area contributed by atoms with E-state index in [1.54, 1.807) is 54.2 Å². The quantitative estimate of drug-likeness (QED) is 0.141. The van der Waals surface area contributed by atoms with Gasteiger partial charge in [0.2, 0.25) is 0 Å². The first-order valence-corrected chi connectivity index (χ1v) is 16.1. The van der Waals surface area contributed by atoms with E-state index in [0.29, 0.717) is 12.0 Å². The monoisotopic (exact) mass is 637 g/mol. The molecule has 4 N–H and O–H groups in total. The van der Waals surface area contributed by atoms with E-state index in [2.05, 4.69) is 5.32 Å². The van der Waals surface area contributed by atoms with Gasteiger partial charge >= 0.3 is 11.9 Å². The first kappa shape index (κ1) is 34.1. The van der Waals surface area contributed by atoms with Crippen molar-refractivity contribution < 1.29 is 43.9 Å². The highest BCUT2D eigenvalue weighted by molar-refractivity contribution is 7.99. The van der Waals surface area contributed by atoms with Crippen LogP contribution in [0.25, 0.3) is 11.1 Å². The van der Waals surface area contributed by atoms with E-state index in [1.807, 2.05) is 49.4 Å². The van der Waals surface area contributed by atoms with Crippen LogP contribution >= 0.6 is 11.8 Å². The smallest absolute Gasteiger partial charge is 0.364 e. The van der Waals surface area contributed by atoms with Crippen molar-refractivity contribution in [1.29, 1.82) is 0 Å². The van der Waals surface area contributed by atoms with Gasteiger partial charge in [-0.25, -0.2) is 9.59 Å². The van der Waals surface area contributed by atoms with Crippen LogP contribution in [0.15, 0.2) is 84.9 Å². The fourth-order valence-electron chi connectivity index (χ4n) is 5.02. The van der Waals surface area contributed by atoms with Gasteiger partial charge in [0, 0.05) is 18.5 Å². The lowest BCUT2D eigenvalue weighted by Crippen LogP contribution is -2.59. The molecule has 240 valence electrons. The number of nitrogens with one attached hydrogen (secondary N) is 1. The molecule has 2 unspecified atom stereocenters. The summed E-state index contributed by atoms with van der Waals surface area (Å²) in [6.07, 6.45) is -5.31. The van der Waals surface area contributed by atoms with E-state index in [1.165, 1.54) is 0 Å². The average molecular weight is 638 g/mol. The molecular weight excluding hydrogens is 598 g/mol. The molecule has 5 atom stereocenters. The number of amides is 1. The summed E-state index contributed by atoms with van der Waals surface area (Å²) in [6.45, 7) is 1.73. The van der Waals surface area contributed by atoms with Crippen molar-refractivity contribution in [3.8, 4) is 11.1 Å². The van der Waals surface area contributed by atoms with Crippen LogP contribution in [0.4, 0.5) is 0 Å². The summed E-state index contributed by atoms with van der Waals surface area (Å²) in [6, 6.07) is 24.9. The second kappa shape index (κ2) is 16.5. The van der Waals surface area contributed by atoms with Crippen molar-refractivity contribution >= 4 is 29.6 Å². The topological polar surface area (TPSA) is 152 Å². The molecule has 0 bridgehead atoms. The van der Waals surface area contributed by atoms with Gasteiger partial charge in [-0.15, -0.1) is 0 Å². The molecule has 0 spiro atoms. The third-order valence-electron chi connectivity index (χ3n) is 7.42. The molecule has 1 aliphatic heterocycles. The molecule has 1 saturated heterocycles. The molecule has 1 aliphatic rings. The van der Waals surface area contributed by atoms with Gasteiger partial charge in [-0.05, 0) is 53.3 Å². The number of carbonyl (C=O) groups excluding carboxylic acids is 2. The molecule has 0 aliphatic carbocycles. The number of aliphatic hydroxyl groups excluding tert-OH is 2. The van der Waals surface area contributed by atoms with E-state index in [0.717, 1.165) is 22.6 Å². The highest BCUT2D eigenvalue weighted by Gasteiger charge is 2.52. The first-order valence-electron chi connectivity index (χ1n) is 14.9. The molecule has 1 heterocycles. The number of rotatable bonds is 15. The van der Waals surface area contributed by atoms with Crippen molar-refractivity contribution in [1.82, 2.24) is 5.32 Å². The number of ether oxygens (including phenoxy) is 3. The van der Waals surface area contributed by atoms with Crippen LogP contribution in [0.2, 0.25) is 0 Å². The molecule has 4 rings (SSSR count). The number of aliphatic carboxylic acids is 1. The summed E-state index contributed by atoms with van der Waals surface area (Å²) < 4.78 is 17.3. The number of benzene rings is 3. The summed E-state index contributed by atoms with van der Waals surface area (Å²) in [4.78, 5) is 38.2. The van der Waals surface area contributed by atoms with Crippen molar-refractivity contribution in [2.75, 3.05) is 24.7 Å². The molecular formula is C34H39NO9S. The second-order valence-electron chi connectivity index (χ2n) is 10.7. The maximum atomic E-state index is 12.8. The zero-order valence-corrected chi connectivity index (χ0v) is 25.9. The molecule has 0 aromatic heterocycles. The molecule has 0 saturated carbocycles. The molecule has 11 heteroatoms. The highest BCUT2D eigenvalue weighted by Crippen LogP contribution is 2.35. The van der Waals surface area contributed by atoms with Crippen LogP contribution in [0, 0.1) is 0 Å². The Labute approximate surface area is 266 Å². The Morgan fingerprint density at radius 1 is 0.956 bits per heavy atom. The Hall–Kier alpha value is -3.74. The van der Waals surface area contributed by atoms with Crippen LogP contribution in [0.3, 0.4) is 0 Å². The maximum absolute atomic E-state index is 12.8. The molecule has 1 amide bonds. The van der Waals surface area contributed by atoms with Crippen LogP contribution in [0.5, 0.6) is 0 Å². The van der Waals surface area contributed by atoms with Gasteiger partial charge in [0.25, 0.3) is 11.7 Å². The van der Waals surface area contributed by atoms with E-state index in [4.69, 9.17) is 14.2 Å². The fraction of sp³-hybridized carbons (Fsp3) is 0.382. The van der Waals surface area contributed by atoms with E-state index in [-0.39, 0.29) is 31.6 Å². The van der Waals surface area contributed by atoms with E-state index in [9.17, 15) is 29.7 Å². The number of hydrogen-bond donors (Lipinski definition) is 4. The van der Waals surface area contributed by atoms with Crippen molar-refractivity contribution in [2.24, 2.45) is 0 Å². The fourth-order valence-corrected chi connectivity index (χ4v) is 5.63.